The fourth-order valence-corrected chi connectivity index (χ4v) is 5.48. The first kappa shape index (κ1) is 19.5. The number of halogens is 3. The molecule has 0 spiro atoms. The van der Waals surface area contributed by atoms with Gasteiger partial charge < -0.3 is 0 Å². The summed E-state index contributed by atoms with van der Waals surface area (Å²) in [6.45, 7) is 2.27. The van der Waals surface area contributed by atoms with Crippen molar-refractivity contribution in [1.29, 1.82) is 0 Å². The first-order valence-corrected chi connectivity index (χ1v) is 10.8. The number of hydrogen-bond acceptors (Lipinski definition) is 0. The van der Waals surface area contributed by atoms with Crippen LogP contribution in [-0.2, 0) is 12.8 Å². The number of aryl methyl sites for hydroxylation is 1. The van der Waals surface area contributed by atoms with Crippen LogP contribution in [0.1, 0.15) is 63.0 Å². The van der Waals surface area contributed by atoms with Crippen LogP contribution >= 0.6 is 0 Å². The molecule has 3 heteroatoms. The Hall–Kier alpha value is -1.77. The minimum absolute atomic E-state index is 0.0108. The van der Waals surface area contributed by atoms with Crippen LogP contribution < -0.4 is 0 Å². The summed E-state index contributed by atoms with van der Waals surface area (Å²) in [5.74, 6) is -0.0722. The monoisotopic (exact) mass is 386 g/mol. The second-order valence-electron chi connectivity index (χ2n) is 8.77. The van der Waals surface area contributed by atoms with Gasteiger partial charge in [0, 0.05) is 11.1 Å². The van der Waals surface area contributed by atoms with Gasteiger partial charge in [-0.25, -0.2) is 13.2 Å². The summed E-state index contributed by atoms with van der Waals surface area (Å²) in [5, 5.41) is 0. The molecule has 2 aromatic rings. The van der Waals surface area contributed by atoms with Gasteiger partial charge in [-0.2, -0.15) is 0 Å². The van der Waals surface area contributed by atoms with E-state index in [-0.39, 0.29) is 11.1 Å². The molecule has 0 amide bonds. The van der Waals surface area contributed by atoms with E-state index in [1.54, 1.807) is 12.1 Å². The molecule has 2 aliphatic carbocycles. The Morgan fingerprint density at radius 3 is 2.36 bits per heavy atom. The van der Waals surface area contributed by atoms with E-state index < -0.39 is 17.5 Å². The summed E-state index contributed by atoms with van der Waals surface area (Å²) in [5.41, 5.74) is 2.34. The van der Waals surface area contributed by atoms with Gasteiger partial charge in [0.2, 0.25) is 0 Å². The molecule has 0 heterocycles. The summed E-state index contributed by atoms with van der Waals surface area (Å²) in [6.07, 6.45) is 10.9. The molecule has 0 aliphatic heterocycles. The predicted octanol–water partition coefficient (Wildman–Crippen LogP) is 7.48. The van der Waals surface area contributed by atoms with Crippen LogP contribution in [0.25, 0.3) is 11.1 Å². The lowest BCUT2D eigenvalue weighted by Crippen LogP contribution is -2.26. The first-order valence-electron chi connectivity index (χ1n) is 10.8. The SMILES string of the molecule is CCCC1CCC(C2CCc3cc(-c4cccc(F)c4F)c(F)cc3C2)CC1. The smallest absolute Gasteiger partial charge is 0.166 e. The Kier molecular flexibility index (Phi) is 5.80. The van der Waals surface area contributed by atoms with E-state index in [9.17, 15) is 13.2 Å². The molecule has 0 radical (unpaired) electrons. The van der Waals surface area contributed by atoms with E-state index in [1.807, 2.05) is 0 Å². The highest BCUT2D eigenvalue weighted by atomic mass is 19.2. The average Bonchev–Trinajstić information content (AvgIpc) is 2.70. The number of fused-ring (bicyclic) bond motifs is 1. The Morgan fingerprint density at radius 1 is 0.821 bits per heavy atom. The molecule has 1 unspecified atom stereocenters. The standard InChI is InChI=1S/C25H29F3/c1-2-4-16-7-9-17(10-8-16)18-11-12-19-14-22(24(27)15-20(19)13-18)21-5-3-6-23(26)25(21)28/h3,5-6,14-18H,2,4,7-13H2,1H3. The van der Waals surface area contributed by atoms with Crippen molar-refractivity contribution >= 4 is 0 Å². The third-order valence-electron chi connectivity index (χ3n) is 7.05. The van der Waals surface area contributed by atoms with Crippen LogP contribution in [-0.4, -0.2) is 0 Å². The van der Waals surface area contributed by atoms with Gasteiger partial charge in [0.1, 0.15) is 5.82 Å². The van der Waals surface area contributed by atoms with Crippen molar-refractivity contribution in [3.63, 3.8) is 0 Å². The first-order chi connectivity index (χ1) is 13.6. The molecule has 2 aromatic carbocycles. The van der Waals surface area contributed by atoms with E-state index in [0.29, 0.717) is 5.92 Å². The van der Waals surface area contributed by atoms with Gasteiger partial charge in [0.15, 0.2) is 11.6 Å². The predicted molar refractivity (Wildman–Crippen MR) is 108 cm³/mol. The molecule has 0 saturated heterocycles. The zero-order chi connectivity index (χ0) is 19.7. The summed E-state index contributed by atoms with van der Waals surface area (Å²) < 4.78 is 42.5. The fraction of sp³-hybridized carbons (Fsp3) is 0.520. The molecule has 150 valence electrons. The topological polar surface area (TPSA) is 0 Å². The maximum atomic E-state index is 14.8. The van der Waals surface area contributed by atoms with Crippen LogP contribution in [0.5, 0.6) is 0 Å². The zero-order valence-electron chi connectivity index (χ0n) is 16.6. The van der Waals surface area contributed by atoms with Crippen molar-refractivity contribution in [2.45, 2.75) is 64.7 Å². The zero-order valence-corrected chi connectivity index (χ0v) is 16.6. The van der Waals surface area contributed by atoms with Gasteiger partial charge in [-0.15, -0.1) is 0 Å². The van der Waals surface area contributed by atoms with Gasteiger partial charge in [-0.05, 0) is 79.2 Å². The van der Waals surface area contributed by atoms with E-state index in [2.05, 4.69) is 6.92 Å². The maximum absolute atomic E-state index is 14.8. The third kappa shape index (κ3) is 3.86. The lowest BCUT2D eigenvalue weighted by Gasteiger charge is -2.36. The summed E-state index contributed by atoms with van der Waals surface area (Å²) >= 11 is 0. The highest BCUT2D eigenvalue weighted by molar-refractivity contribution is 5.66. The second kappa shape index (κ2) is 8.31. The van der Waals surface area contributed by atoms with Crippen molar-refractivity contribution in [1.82, 2.24) is 0 Å². The molecule has 1 atom stereocenters. The Morgan fingerprint density at radius 2 is 1.61 bits per heavy atom. The minimum atomic E-state index is -0.973. The Labute approximate surface area is 166 Å². The molecule has 1 saturated carbocycles. The molecule has 4 rings (SSSR count). The second-order valence-corrected chi connectivity index (χ2v) is 8.77. The van der Waals surface area contributed by atoms with Gasteiger partial charge >= 0.3 is 0 Å². The molecule has 2 aliphatic rings. The quantitative estimate of drug-likeness (QED) is 0.511. The molecule has 1 fully saturated rings. The maximum Gasteiger partial charge on any atom is 0.166 e. The van der Waals surface area contributed by atoms with Crippen molar-refractivity contribution in [2.75, 3.05) is 0 Å². The molecule has 0 nitrogen and oxygen atoms in total. The summed E-state index contributed by atoms with van der Waals surface area (Å²) in [6, 6.07) is 7.26. The Balaban J connectivity index is 1.51. The summed E-state index contributed by atoms with van der Waals surface area (Å²) in [4.78, 5) is 0. The molecule has 0 N–H and O–H groups in total. The van der Waals surface area contributed by atoms with Crippen molar-refractivity contribution < 1.29 is 13.2 Å². The molecule has 28 heavy (non-hydrogen) atoms. The minimum Gasteiger partial charge on any atom is -0.206 e. The lowest BCUT2D eigenvalue weighted by atomic mass is 9.69. The van der Waals surface area contributed by atoms with Gasteiger partial charge in [-0.3, -0.25) is 0 Å². The number of benzene rings is 2. The molecule has 0 aromatic heterocycles. The van der Waals surface area contributed by atoms with Gasteiger partial charge in [0.25, 0.3) is 0 Å². The van der Waals surface area contributed by atoms with E-state index in [4.69, 9.17) is 0 Å². The van der Waals surface area contributed by atoms with Crippen LogP contribution in [0.2, 0.25) is 0 Å². The molecule has 0 bridgehead atoms. The van der Waals surface area contributed by atoms with Crippen molar-refractivity contribution in [3.8, 4) is 11.1 Å². The van der Waals surface area contributed by atoms with Gasteiger partial charge in [-0.1, -0.05) is 44.7 Å². The van der Waals surface area contributed by atoms with Crippen molar-refractivity contribution in [2.24, 2.45) is 17.8 Å². The highest BCUT2D eigenvalue weighted by Crippen LogP contribution is 2.41. The van der Waals surface area contributed by atoms with Crippen LogP contribution in [0, 0.1) is 35.2 Å². The molecular formula is C25H29F3. The van der Waals surface area contributed by atoms with E-state index in [1.165, 1.54) is 50.7 Å². The van der Waals surface area contributed by atoms with Crippen molar-refractivity contribution in [3.05, 3.63) is 58.9 Å². The Bertz CT molecular complexity index is 834. The molecular weight excluding hydrogens is 357 g/mol. The average molecular weight is 387 g/mol. The normalized spacial score (nSPS) is 24.8. The highest BCUT2D eigenvalue weighted by Gasteiger charge is 2.30. The van der Waals surface area contributed by atoms with Crippen LogP contribution in [0.4, 0.5) is 13.2 Å². The van der Waals surface area contributed by atoms with E-state index >= 15 is 0 Å². The fourth-order valence-electron chi connectivity index (χ4n) is 5.48. The van der Waals surface area contributed by atoms with Crippen LogP contribution in [0.15, 0.2) is 30.3 Å². The van der Waals surface area contributed by atoms with Crippen LogP contribution in [0.3, 0.4) is 0 Å². The lowest BCUT2D eigenvalue weighted by molar-refractivity contribution is 0.184. The largest absolute Gasteiger partial charge is 0.206 e. The van der Waals surface area contributed by atoms with Gasteiger partial charge in [0.05, 0.1) is 0 Å². The summed E-state index contributed by atoms with van der Waals surface area (Å²) in [7, 11) is 0. The third-order valence-corrected chi connectivity index (χ3v) is 7.05. The van der Waals surface area contributed by atoms with E-state index in [0.717, 1.165) is 48.3 Å². The number of rotatable bonds is 4. The number of hydrogen-bond donors (Lipinski definition) is 0.